The van der Waals surface area contributed by atoms with Gasteiger partial charge >= 0.3 is 0 Å². The predicted octanol–water partition coefficient (Wildman–Crippen LogP) is 3.40. The molecule has 0 saturated carbocycles. The molecule has 0 aliphatic heterocycles. The van der Waals surface area contributed by atoms with Crippen molar-refractivity contribution in [1.29, 1.82) is 0 Å². The monoisotopic (exact) mass is 426 g/mol. The smallest absolute Gasteiger partial charge is 0.293 e. The Bertz CT molecular complexity index is 944. The molecule has 0 aliphatic rings. The Kier molecular flexibility index (Phi) is 5.54. The fourth-order valence-corrected chi connectivity index (χ4v) is 4.36. The van der Waals surface area contributed by atoms with Crippen LogP contribution in [0, 0.1) is 6.92 Å². The van der Waals surface area contributed by atoms with E-state index in [0.717, 1.165) is 26.2 Å². The molecule has 0 unspecified atom stereocenters. The first-order valence-corrected chi connectivity index (χ1v) is 9.73. The van der Waals surface area contributed by atoms with Gasteiger partial charge in [-0.3, -0.25) is 4.79 Å². The molecule has 0 spiro atoms. The van der Waals surface area contributed by atoms with Gasteiger partial charge in [-0.15, -0.1) is 5.10 Å². The number of aromatic nitrogens is 3. The van der Waals surface area contributed by atoms with Crippen molar-refractivity contribution in [3.63, 3.8) is 0 Å². The molecule has 0 saturated heterocycles. The Labute approximate surface area is 155 Å². The van der Waals surface area contributed by atoms with E-state index in [1.165, 1.54) is 11.3 Å². The van der Waals surface area contributed by atoms with Gasteiger partial charge in [0, 0.05) is 17.6 Å². The maximum absolute atomic E-state index is 12.4. The summed E-state index contributed by atoms with van der Waals surface area (Å²) in [4.78, 5) is 17.9. The minimum atomic E-state index is -0.307. The highest BCUT2D eigenvalue weighted by atomic mass is 79.9. The van der Waals surface area contributed by atoms with E-state index in [9.17, 15) is 4.79 Å². The molecule has 0 fully saturated rings. The Hall–Kier alpha value is -1.42. The molecule has 0 aliphatic carbocycles. The first-order chi connectivity index (χ1) is 11.6. The second-order valence-corrected chi connectivity index (χ2v) is 7.63. The zero-order valence-electron chi connectivity index (χ0n) is 13.2. The van der Waals surface area contributed by atoms with Crippen LogP contribution in [0.3, 0.4) is 0 Å². The van der Waals surface area contributed by atoms with Crippen LogP contribution in [0.5, 0.6) is 0 Å². The number of carbonyl (C=O) groups excluding carboxylic acids is 1. The molecule has 3 rings (SSSR count). The molecule has 2 heterocycles. The Balaban J connectivity index is 2.08. The van der Waals surface area contributed by atoms with Gasteiger partial charge in [0.2, 0.25) is 0 Å². The molecule has 1 aromatic carbocycles. The van der Waals surface area contributed by atoms with E-state index in [1.54, 1.807) is 6.92 Å². The molecule has 6 nitrogen and oxygen atoms in total. The zero-order chi connectivity index (χ0) is 17.1. The van der Waals surface area contributed by atoms with Crippen LogP contribution in [-0.2, 0) is 11.3 Å². The lowest BCUT2D eigenvalue weighted by Crippen LogP contribution is -2.19. The highest BCUT2D eigenvalue weighted by molar-refractivity contribution is 9.10. The summed E-state index contributed by atoms with van der Waals surface area (Å²) in [6, 6.07) is 6.03. The first kappa shape index (κ1) is 17.4. The lowest BCUT2D eigenvalue weighted by atomic mass is 10.3. The second-order valence-electron chi connectivity index (χ2n) is 4.95. The summed E-state index contributed by atoms with van der Waals surface area (Å²) in [6.07, 6.45) is 0. The largest absolute Gasteiger partial charge is 0.380 e. The molecule has 0 radical (unpaired) electrons. The fourth-order valence-electron chi connectivity index (χ4n) is 2.21. The van der Waals surface area contributed by atoms with Crippen molar-refractivity contribution >= 4 is 54.9 Å². The SMILES string of the molecule is CCOCCn1c(=NC(=O)c2snnc2C)sc2cc(Br)ccc21. The van der Waals surface area contributed by atoms with Gasteiger partial charge in [0.05, 0.1) is 22.5 Å². The Morgan fingerprint density at radius 1 is 1.46 bits per heavy atom. The van der Waals surface area contributed by atoms with Gasteiger partial charge in [-0.2, -0.15) is 4.99 Å². The first-order valence-electron chi connectivity index (χ1n) is 7.34. The van der Waals surface area contributed by atoms with E-state index in [0.29, 0.717) is 35.1 Å². The zero-order valence-corrected chi connectivity index (χ0v) is 16.4. The summed E-state index contributed by atoms with van der Waals surface area (Å²) in [7, 11) is 0. The summed E-state index contributed by atoms with van der Waals surface area (Å²) in [5, 5.41) is 3.87. The third-order valence-electron chi connectivity index (χ3n) is 3.35. The number of amides is 1. The summed E-state index contributed by atoms with van der Waals surface area (Å²) >= 11 is 6.04. The number of benzene rings is 1. The highest BCUT2D eigenvalue weighted by Gasteiger charge is 2.14. The van der Waals surface area contributed by atoms with Crippen molar-refractivity contribution < 1.29 is 9.53 Å². The number of nitrogens with zero attached hydrogens (tertiary/aromatic N) is 4. The van der Waals surface area contributed by atoms with Gasteiger partial charge in [0.15, 0.2) is 4.80 Å². The number of hydrogen-bond acceptors (Lipinski definition) is 6. The number of fused-ring (bicyclic) bond motifs is 1. The summed E-state index contributed by atoms with van der Waals surface area (Å²) < 4.78 is 13.3. The third kappa shape index (κ3) is 3.64. The van der Waals surface area contributed by atoms with Crippen molar-refractivity contribution in [1.82, 2.24) is 14.2 Å². The molecule has 0 bridgehead atoms. The maximum Gasteiger partial charge on any atom is 0.293 e. The molecule has 0 atom stereocenters. The molecule has 0 N–H and O–H groups in total. The van der Waals surface area contributed by atoms with E-state index in [-0.39, 0.29) is 5.91 Å². The minimum Gasteiger partial charge on any atom is -0.380 e. The lowest BCUT2D eigenvalue weighted by Gasteiger charge is -2.05. The van der Waals surface area contributed by atoms with Crippen LogP contribution in [0.1, 0.15) is 22.3 Å². The summed E-state index contributed by atoms with van der Waals surface area (Å²) in [5.41, 5.74) is 1.65. The Morgan fingerprint density at radius 2 is 2.29 bits per heavy atom. The van der Waals surface area contributed by atoms with Gasteiger partial charge in [0.1, 0.15) is 4.88 Å². The van der Waals surface area contributed by atoms with Crippen molar-refractivity contribution in [2.75, 3.05) is 13.2 Å². The average molecular weight is 427 g/mol. The molecule has 3 aromatic rings. The van der Waals surface area contributed by atoms with E-state index in [1.807, 2.05) is 29.7 Å². The van der Waals surface area contributed by atoms with Gasteiger partial charge in [-0.1, -0.05) is 31.8 Å². The number of aryl methyl sites for hydroxylation is 1. The van der Waals surface area contributed by atoms with Crippen LogP contribution in [0.25, 0.3) is 10.2 Å². The molecule has 2 aromatic heterocycles. The van der Waals surface area contributed by atoms with E-state index < -0.39 is 0 Å². The van der Waals surface area contributed by atoms with Gasteiger partial charge in [-0.25, -0.2) is 0 Å². The maximum atomic E-state index is 12.4. The third-order valence-corrected chi connectivity index (χ3v) is 5.70. The summed E-state index contributed by atoms with van der Waals surface area (Å²) in [6.45, 7) is 5.59. The molecule has 24 heavy (non-hydrogen) atoms. The molecular formula is C15H15BrN4O2S2. The topological polar surface area (TPSA) is 69.4 Å². The van der Waals surface area contributed by atoms with Crippen LogP contribution in [0.15, 0.2) is 27.7 Å². The fraction of sp³-hybridized carbons (Fsp3) is 0.333. The van der Waals surface area contributed by atoms with Crippen LogP contribution < -0.4 is 4.80 Å². The Morgan fingerprint density at radius 3 is 3.00 bits per heavy atom. The number of rotatable bonds is 5. The normalized spacial score (nSPS) is 12.2. The predicted molar refractivity (Wildman–Crippen MR) is 98.5 cm³/mol. The summed E-state index contributed by atoms with van der Waals surface area (Å²) in [5.74, 6) is -0.307. The van der Waals surface area contributed by atoms with Crippen molar-refractivity contribution in [3.05, 3.63) is 38.0 Å². The number of thiazole rings is 1. The number of ether oxygens (including phenoxy) is 1. The molecule has 126 valence electrons. The van der Waals surface area contributed by atoms with Crippen LogP contribution in [0.2, 0.25) is 0 Å². The van der Waals surface area contributed by atoms with Crippen molar-refractivity contribution in [3.8, 4) is 0 Å². The molecular weight excluding hydrogens is 412 g/mol. The number of hydrogen-bond donors (Lipinski definition) is 0. The van der Waals surface area contributed by atoms with Crippen molar-refractivity contribution in [2.45, 2.75) is 20.4 Å². The van der Waals surface area contributed by atoms with E-state index in [4.69, 9.17) is 4.74 Å². The van der Waals surface area contributed by atoms with Gasteiger partial charge < -0.3 is 9.30 Å². The second kappa shape index (κ2) is 7.64. The standard InChI is InChI=1S/C15H15BrN4O2S2/c1-3-22-7-6-20-11-5-4-10(16)8-12(11)23-15(20)17-14(21)13-9(2)18-19-24-13/h4-5,8H,3,6-7H2,1-2H3. The molecule has 1 amide bonds. The van der Waals surface area contributed by atoms with Crippen LogP contribution in [0.4, 0.5) is 0 Å². The highest BCUT2D eigenvalue weighted by Crippen LogP contribution is 2.22. The van der Waals surface area contributed by atoms with Crippen molar-refractivity contribution in [2.24, 2.45) is 4.99 Å². The quantitative estimate of drug-likeness (QED) is 0.586. The van der Waals surface area contributed by atoms with Gasteiger partial charge in [-0.05, 0) is 43.6 Å². The number of halogens is 1. The lowest BCUT2D eigenvalue weighted by molar-refractivity contribution is 0.0999. The average Bonchev–Trinajstić information content (AvgIpc) is 3.11. The molecule has 9 heteroatoms. The van der Waals surface area contributed by atoms with E-state index in [2.05, 4.69) is 30.5 Å². The van der Waals surface area contributed by atoms with Crippen LogP contribution in [-0.4, -0.2) is 33.3 Å². The van der Waals surface area contributed by atoms with Gasteiger partial charge in [0.25, 0.3) is 5.91 Å². The minimum absolute atomic E-state index is 0.307. The van der Waals surface area contributed by atoms with E-state index >= 15 is 0 Å². The number of carbonyl (C=O) groups is 1. The van der Waals surface area contributed by atoms with Crippen LogP contribution >= 0.6 is 38.8 Å².